The van der Waals surface area contributed by atoms with E-state index in [9.17, 15) is 4.79 Å². The Bertz CT molecular complexity index is 272. The predicted octanol–water partition coefficient (Wildman–Crippen LogP) is 2.17. The highest BCUT2D eigenvalue weighted by atomic mass is 16.2. The van der Waals surface area contributed by atoms with Crippen LogP contribution in [0.4, 0.5) is 0 Å². The first-order valence-corrected chi connectivity index (χ1v) is 7.03. The first-order valence-electron chi connectivity index (χ1n) is 7.03. The van der Waals surface area contributed by atoms with Crippen LogP contribution in [0.1, 0.15) is 52.9 Å². The van der Waals surface area contributed by atoms with E-state index in [4.69, 9.17) is 0 Å². The van der Waals surface area contributed by atoms with Crippen LogP contribution in [0.3, 0.4) is 0 Å². The fourth-order valence-electron chi connectivity index (χ4n) is 2.77. The summed E-state index contributed by atoms with van der Waals surface area (Å²) in [4.78, 5) is 14.8. The van der Waals surface area contributed by atoms with Crippen molar-refractivity contribution in [3.8, 4) is 0 Å². The van der Waals surface area contributed by atoms with Crippen molar-refractivity contribution in [1.29, 1.82) is 0 Å². The van der Waals surface area contributed by atoms with Crippen LogP contribution in [-0.4, -0.2) is 36.0 Å². The maximum absolute atomic E-state index is 12.6. The van der Waals surface area contributed by atoms with Gasteiger partial charge >= 0.3 is 0 Å². The second-order valence-corrected chi connectivity index (χ2v) is 6.53. The van der Waals surface area contributed by atoms with E-state index in [2.05, 4.69) is 10.2 Å². The molecule has 0 spiro atoms. The van der Waals surface area contributed by atoms with Crippen molar-refractivity contribution in [1.82, 2.24) is 10.2 Å². The van der Waals surface area contributed by atoms with Crippen LogP contribution in [0.5, 0.6) is 0 Å². The third-order valence-electron chi connectivity index (χ3n) is 4.05. The van der Waals surface area contributed by atoms with E-state index >= 15 is 0 Å². The van der Waals surface area contributed by atoms with Gasteiger partial charge < -0.3 is 10.2 Å². The van der Waals surface area contributed by atoms with Gasteiger partial charge in [-0.1, -0.05) is 20.8 Å². The molecule has 98 valence electrons. The lowest BCUT2D eigenvalue weighted by atomic mass is 9.85. The Kier molecular flexibility index (Phi) is 3.76. The third-order valence-corrected chi connectivity index (χ3v) is 4.05. The average molecular weight is 238 g/mol. The number of amides is 1. The summed E-state index contributed by atoms with van der Waals surface area (Å²) in [5, 5.41) is 3.38. The minimum absolute atomic E-state index is 0.236. The van der Waals surface area contributed by atoms with Gasteiger partial charge in [0.15, 0.2) is 0 Å². The number of nitrogens with zero attached hydrogens (tertiary/aromatic N) is 1. The molecule has 0 aromatic heterocycles. The summed E-state index contributed by atoms with van der Waals surface area (Å²) in [6.07, 6.45) is 5.97. The summed E-state index contributed by atoms with van der Waals surface area (Å²) in [7, 11) is 0. The molecular formula is C14H26N2O. The summed E-state index contributed by atoms with van der Waals surface area (Å²) in [6, 6.07) is 1.01. The van der Waals surface area contributed by atoms with Crippen LogP contribution in [0.15, 0.2) is 0 Å². The molecule has 2 aliphatic rings. The van der Waals surface area contributed by atoms with E-state index in [1.165, 1.54) is 19.3 Å². The van der Waals surface area contributed by atoms with Gasteiger partial charge in [-0.25, -0.2) is 0 Å². The zero-order valence-corrected chi connectivity index (χ0v) is 11.5. The molecule has 1 N–H and O–H groups in total. The monoisotopic (exact) mass is 238 g/mol. The van der Waals surface area contributed by atoms with E-state index < -0.39 is 0 Å². The zero-order valence-electron chi connectivity index (χ0n) is 11.5. The van der Waals surface area contributed by atoms with Crippen molar-refractivity contribution < 1.29 is 4.79 Å². The second kappa shape index (κ2) is 4.97. The number of carbonyl (C=O) groups excluding carboxylic acids is 1. The molecule has 0 aromatic rings. The van der Waals surface area contributed by atoms with E-state index in [0.29, 0.717) is 18.0 Å². The normalized spacial score (nSPS) is 23.2. The van der Waals surface area contributed by atoms with Gasteiger partial charge in [-0.2, -0.15) is 0 Å². The minimum atomic E-state index is -0.236. The third kappa shape index (κ3) is 2.82. The lowest BCUT2D eigenvalue weighted by Crippen LogP contribution is -2.56. The molecule has 0 bridgehead atoms. The number of carbonyl (C=O) groups is 1. The van der Waals surface area contributed by atoms with Crippen LogP contribution in [-0.2, 0) is 4.79 Å². The van der Waals surface area contributed by atoms with Gasteiger partial charge in [-0.3, -0.25) is 4.79 Å². The molecule has 3 nitrogen and oxygen atoms in total. The molecule has 2 fully saturated rings. The molecule has 1 aliphatic heterocycles. The SMILES string of the molecule is CC(C)(C)C(=O)N(C1CCC1)C1CCNCC1. The Morgan fingerprint density at radius 1 is 1.06 bits per heavy atom. The predicted molar refractivity (Wildman–Crippen MR) is 69.8 cm³/mol. The van der Waals surface area contributed by atoms with Crippen molar-refractivity contribution in [3.05, 3.63) is 0 Å². The van der Waals surface area contributed by atoms with Gasteiger partial charge in [0.05, 0.1) is 0 Å². The summed E-state index contributed by atoms with van der Waals surface area (Å²) < 4.78 is 0. The van der Waals surface area contributed by atoms with Crippen LogP contribution in [0.2, 0.25) is 0 Å². The summed E-state index contributed by atoms with van der Waals surface area (Å²) in [5.41, 5.74) is -0.236. The number of piperidine rings is 1. The van der Waals surface area contributed by atoms with Gasteiger partial charge in [0, 0.05) is 17.5 Å². The standard InChI is InChI=1S/C14H26N2O/c1-14(2,3)13(17)16(11-5-4-6-11)12-7-9-15-10-8-12/h11-12,15H,4-10H2,1-3H3. The molecule has 17 heavy (non-hydrogen) atoms. The molecule has 0 aromatic carbocycles. The molecule has 0 atom stereocenters. The molecule has 0 radical (unpaired) electrons. The van der Waals surface area contributed by atoms with E-state index in [0.717, 1.165) is 25.9 Å². The highest BCUT2D eigenvalue weighted by molar-refractivity contribution is 5.82. The molecule has 1 aliphatic carbocycles. The maximum atomic E-state index is 12.6. The van der Waals surface area contributed by atoms with Crippen molar-refractivity contribution in [2.45, 2.75) is 65.0 Å². The number of nitrogens with one attached hydrogen (secondary N) is 1. The van der Waals surface area contributed by atoms with E-state index in [1.807, 2.05) is 20.8 Å². The largest absolute Gasteiger partial charge is 0.336 e. The molecule has 1 saturated carbocycles. The minimum Gasteiger partial charge on any atom is -0.336 e. The topological polar surface area (TPSA) is 32.3 Å². The Hall–Kier alpha value is -0.570. The second-order valence-electron chi connectivity index (χ2n) is 6.53. The number of rotatable bonds is 2. The van der Waals surface area contributed by atoms with Crippen molar-refractivity contribution in [3.63, 3.8) is 0 Å². The smallest absolute Gasteiger partial charge is 0.228 e. The van der Waals surface area contributed by atoms with Gasteiger partial charge in [0.2, 0.25) is 5.91 Å². The molecule has 1 heterocycles. The maximum Gasteiger partial charge on any atom is 0.228 e. The van der Waals surface area contributed by atoms with E-state index in [-0.39, 0.29) is 5.41 Å². The number of hydrogen-bond acceptors (Lipinski definition) is 2. The van der Waals surface area contributed by atoms with E-state index in [1.54, 1.807) is 0 Å². The van der Waals surface area contributed by atoms with Crippen molar-refractivity contribution in [2.75, 3.05) is 13.1 Å². The number of hydrogen-bond donors (Lipinski definition) is 1. The molecule has 0 unspecified atom stereocenters. The Labute approximate surface area is 105 Å². The van der Waals surface area contributed by atoms with Gasteiger partial charge in [-0.15, -0.1) is 0 Å². The average Bonchev–Trinajstić information content (AvgIpc) is 2.22. The quantitative estimate of drug-likeness (QED) is 0.799. The lowest BCUT2D eigenvalue weighted by molar-refractivity contribution is -0.147. The molecule has 1 saturated heterocycles. The Morgan fingerprint density at radius 3 is 2.00 bits per heavy atom. The van der Waals surface area contributed by atoms with Crippen molar-refractivity contribution >= 4 is 5.91 Å². The molecule has 2 rings (SSSR count). The van der Waals surface area contributed by atoms with Crippen LogP contribution < -0.4 is 5.32 Å². The fourth-order valence-corrected chi connectivity index (χ4v) is 2.77. The highest BCUT2D eigenvalue weighted by Gasteiger charge is 2.38. The van der Waals surface area contributed by atoms with Gasteiger partial charge in [0.1, 0.15) is 0 Å². The Morgan fingerprint density at radius 2 is 1.59 bits per heavy atom. The summed E-state index contributed by atoms with van der Waals surface area (Å²) >= 11 is 0. The van der Waals surface area contributed by atoms with Crippen LogP contribution in [0, 0.1) is 5.41 Å². The zero-order chi connectivity index (χ0) is 12.5. The van der Waals surface area contributed by atoms with Crippen molar-refractivity contribution in [2.24, 2.45) is 5.41 Å². The van der Waals surface area contributed by atoms with Crippen LogP contribution >= 0.6 is 0 Å². The highest BCUT2D eigenvalue weighted by Crippen LogP contribution is 2.32. The molecular weight excluding hydrogens is 212 g/mol. The van der Waals surface area contributed by atoms with Gasteiger partial charge in [-0.05, 0) is 45.2 Å². The molecule has 1 amide bonds. The first-order chi connectivity index (χ1) is 8.00. The fraction of sp³-hybridized carbons (Fsp3) is 0.929. The van der Waals surface area contributed by atoms with Gasteiger partial charge in [0.25, 0.3) is 0 Å². The molecule has 3 heteroatoms. The summed E-state index contributed by atoms with van der Waals surface area (Å²) in [5.74, 6) is 0.356. The first kappa shape index (κ1) is 12.9. The summed E-state index contributed by atoms with van der Waals surface area (Å²) in [6.45, 7) is 8.25. The Balaban J connectivity index is 2.09. The van der Waals surface area contributed by atoms with Crippen LogP contribution in [0.25, 0.3) is 0 Å². The lowest BCUT2D eigenvalue weighted by Gasteiger charge is -2.46.